The van der Waals surface area contributed by atoms with Crippen molar-refractivity contribution in [2.75, 3.05) is 6.54 Å². The van der Waals surface area contributed by atoms with Gasteiger partial charge >= 0.3 is 12.3 Å². The first kappa shape index (κ1) is 19.0. The Hall–Kier alpha value is -2.82. The molecule has 2 heterocycles. The van der Waals surface area contributed by atoms with Crippen LogP contribution in [0.4, 0.5) is 22.4 Å². The van der Waals surface area contributed by atoms with Gasteiger partial charge in [-0.3, -0.25) is 9.89 Å². The Labute approximate surface area is 154 Å². The number of aromatic nitrogens is 2. The second kappa shape index (κ2) is 7.06. The maximum absolute atomic E-state index is 13.4. The highest BCUT2D eigenvalue weighted by Gasteiger charge is 2.36. The molecule has 0 radical (unpaired) electrons. The Balaban J connectivity index is 1.93. The maximum atomic E-state index is 13.4. The minimum Gasteiger partial charge on any atom is -0.434 e. The van der Waals surface area contributed by atoms with Crippen LogP contribution in [0.25, 0.3) is 0 Å². The largest absolute Gasteiger partial charge is 0.434 e. The summed E-state index contributed by atoms with van der Waals surface area (Å²) in [4.78, 5) is 23.4. The van der Waals surface area contributed by atoms with Crippen LogP contribution in [-0.2, 0) is 15.7 Å². The normalized spacial score (nSPS) is 18.0. The van der Waals surface area contributed by atoms with E-state index in [1.807, 2.05) is 5.10 Å². The predicted octanol–water partition coefficient (Wildman–Crippen LogP) is 2.53. The van der Waals surface area contributed by atoms with E-state index in [2.05, 4.69) is 15.7 Å². The number of rotatable bonds is 4. The highest BCUT2D eigenvalue weighted by atomic mass is 35.5. The fourth-order valence-corrected chi connectivity index (χ4v) is 2.61. The number of alkyl carbamates (subject to hydrolysis) is 1. The molecule has 1 aromatic heterocycles. The Morgan fingerprint density at radius 1 is 1.37 bits per heavy atom. The fraction of sp³-hybridized carbons (Fsp3) is 0.267. The lowest BCUT2D eigenvalue weighted by molar-refractivity contribution is -0.141. The summed E-state index contributed by atoms with van der Waals surface area (Å²) in [6.45, 7) is -0.101. The number of H-pyrrole nitrogens is 1. The number of hydrogen-bond donors (Lipinski definition) is 3. The third kappa shape index (κ3) is 4.13. The van der Waals surface area contributed by atoms with E-state index >= 15 is 0 Å². The van der Waals surface area contributed by atoms with E-state index in [1.165, 1.54) is 6.07 Å². The molecule has 1 unspecified atom stereocenters. The Bertz CT molecular complexity index is 886. The molecule has 2 aromatic rings. The number of hydrogen-bond acceptors (Lipinski definition) is 4. The van der Waals surface area contributed by atoms with Crippen LogP contribution in [0.3, 0.4) is 0 Å². The first-order valence-corrected chi connectivity index (χ1v) is 7.85. The number of aromatic amines is 1. The molecule has 1 fully saturated rings. The summed E-state index contributed by atoms with van der Waals surface area (Å²) in [5.41, 5.74) is -1.12. The van der Waals surface area contributed by atoms with Gasteiger partial charge in [0.25, 0.3) is 5.91 Å². The third-order valence-electron chi connectivity index (χ3n) is 3.74. The van der Waals surface area contributed by atoms with Gasteiger partial charge in [0.15, 0.2) is 6.10 Å². The lowest BCUT2D eigenvalue weighted by atomic mass is 10.0. The van der Waals surface area contributed by atoms with Gasteiger partial charge in [-0.2, -0.15) is 18.3 Å². The average Bonchev–Trinajstić information content (AvgIpc) is 3.24. The van der Waals surface area contributed by atoms with Crippen LogP contribution in [0.5, 0.6) is 0 Å². The smallest absolute Gasteiger partial charge is 0.432 e. The van der Waals surface area contributed by atoms with Crippen molar-refractivity contribution >= 4 is 23.6 Å². The summed E-state index contributed by atoms with van der Waals surface area (Å²) in [5, 5.41) is 9.86. The monoisotopic (exact) mass is 406 g/mol. The number of carbonyl (C=O) groups is 2. The van der Waals surface area contributed by atoms with Gasteiger partial charge in [-0.05, 0) is 23.8 Å². The SMILES string of the molecule is O=C1NC[C@@H](C(=O)NC(c2ccc(F)c(Cl)c2)c2cc(C(F)(F)F)[nH]n2)O1. The first-order valence-electron chi connectivity index (χ1n) is 7.47. The van der Waals surface area contributed by atoms with Gasteiger partial charge in [-0.15, -0.1) is 0 Å². The van der Waals surface area contributed by atoms with E-state index in [4.69, 9.17) is 16.3 Å². The molecule has 0 saturated carbocycles. The van der Waals surface area contributed by atoms with Crippen molar-refractivity contribution in [3.63, 3.8) is 0 Å². The zero-order valence-electron chi connectivity index (χ0n) is 13.2. The van der Waals surface area contributed by atoms with Crippen LogP contribution in [-0.4, -0.2) is 34.8 Å². The molecule has 0 aliphatic carbocycles. The summed E-state index contributed by atoms with van der Waals surface area (Å²) in [5.74, 6) is -1.51. The number of nitrogens with one attached hydrogen (secondary N) is 3. The average molecular weight is 407 g/mol. The van der Waals surface area contributed by atoms with Crippen molar-refractivity contribution in [1.29, 1.82) is 0 Å². The van der Waals surface area contributed by atoms with Gasteiger partial charge in [0, 0.05) is 0 Å². The molecule has 0 bridgehead atoms. The topological polar surface area (TPSA) is 96.1 Å². The van der Waals surface area contributed by atoms with E-state index in [0.29, 0.717) is 6.07 Å². The standard InChI is InChI=1S/C15H11ClF4N4O3/c16-7-3-6(1-2-8(7)17)12(9-4-11(24-23-9)15(18,19)20)22-13(25)10-5-21-14(26)27-10/h1-4,10,12H,5H2,(H,21,26)(H,22,25)(H,23,24)/t10-,12?/m0/s1. The summed E-state index contributed by atoms with van der Waals surface area (Å²) < 4.78 is 56.7. The lowest BCUT2D eigenvalue weighted by Crippen LogP contribution is -2.39. The number of cyclic esters (lactones) is 1. The van der Waals surface area contributed by atoms with E-state index < -0.39 is 41.8 Å². The molecule has 3 rings (SSSR count). The molecule has 7 nitrogen and oxygen atoms in total. The lowest BCUT2D eigenvalue weighted by Gasteiger charge is -2.19. The highest BCUT2D eigenvalue weighted by Crippen LogP contribution is 2.31. The van der Waals surface area contributed by atoms with Gasteiger partial charge in [0.2, 0.25) is 0 Å². The van der Waals surface area contributed by atoms with Crippen LogP contribution >= 0.6 is 11.6 Å². The Kier molecular flexibility index (Phi) is 4.96. The predicted molar refractivity (Wildman–Crippen MR) is 83.3 cm³/mol. The molecule has 2 amide bonds. The van der Waals surface area contributed by atoms with Gasteiger partial charge in [-0.1, -0.05) is 17.7 Å². The van der Waals surface area contributed by atoms with E-state index in [9.17, 15) is 27.2 Å². The zero-order valence-corrected chi connectivity index (χ0v) is 14.0. The molecule has 3 N–H and O–H groups in total. The van der Waals surface area contributed by atoms with Crippen molar-refractivity contribution in [3.8, 4) is 0 Å². The van der Waals surface area contributed by atoms with Crippen LogP contribution in [0.1, 0.15) is 23.0 Å². The number of ether oxygens (including phenoxy) is 1. The Morgan fingerprint density at radius 3 is 2.67 bits per heavy atom. The van der Waals surface area contributed by atoms with Crippen LogP contribution in [0.2, 0.25) is 5.02 Å². The maximum Gasteiger partial charge on any atom is 0.432 e. The first-order chi connectivity index (χ1) is 12.6. The van der Waals surface area contributed by atoms with Gasteiger partial charge in [0.05, 0.1) is 23.3 Å². The summed E-state index contributed by atoms with van der Waals surface area (Å²) >= 11 is 5.73. The van der Waals surface area contributed by atoms with E-state index in [1.54, 1.807) is 0 Å². The van der Waals surface area contributed by atoms with Crippen molar-refractivity contribution < 1.29 is 31.9 Å². The molecule has 2 atom stereocenters. The van der Waals surface area contributed by atoms with Crippen molar-refractivity contribution in [2.24, 2.45) is 0 Å². The molecule has 0 spiro atoms. The number of benzene rings is 1. The van der Waals surface area contributed by atoms with Crippen molar-refractivity contribution in [2.45, 2.75) is 18.3 Å². The molecule has 1 saturated heterocycles. The molecule has 12 heteroatoms. The minimum atomic E-state index is -4.68. The van der Waals surface area contributed by atoms with Gasteiger partial charge in [-0.25, -0.2) is 9.18 Å². The molecule has 1 aliphatic heterocycles. The number of nitrogens with zero attached hydrogens (tertiary/aromatic N) is 1. The number of amides is 2. The van der Waals surface area contributed by atoms with Crippen molar-refractivity contribution in [3.05, 3.63) is 52.1 Å². The number of halogens is 5. The summed E-state index contributed by atoms with van der Waals surface area (Å²) in [6, 6.07) is 2.92. The minimum absolute atomic E-state index is 0.101. The number of alkyl halides is 3. The third-order valence-corrected chi connectivity index (χ3v) is 4.03. The molecular formula is C15H11ClF4N4O3. The second-order valence-electron chi connectivity index (χ2n) is 5.59. The van der Waals surface area contributed by atoms with Crippen LogP contribution < -0.4 is 10.6 Å². The molecule has 1 aromatic carbocycles. The van der Waals surface area contributed by atoms with Crippen LogP contribution in [0.15, 0.2) is 24.3 Å². The summed E-state index contributed by atoms with van der Waals surface area (Å²) in [6.07, 6.45) is -6.64. The second-order valence-corrected chi connectivity index (χ2v) is 6.00. The zero-order chi connectivity index (χ0) is 19.8. The van der Waals surface area contributed by atoms with Gasteiger partial charge < -0.3 is 15.4 Å². The molecule has 144 valence electrons. The fourth-order valence-electron chi connectivity index (χ4n) is 2.42. The van der Waals surface area contributed by atoms with Crippen molar-refractivity contribution in [1.82, 2.24) is 20.8 Å². The molecule has 1 aliphatic rings. The number of carbonyl (C=O) groups excluding carboxylic acids is 2. The highest BCUT2D eigenvalue weighted by molar-refractivity contribution is 6.30. The quantitative estimate of drug-likeness (QED) is 0.680. The molecular weight excluding hydrogens is 396 g/mol. The van der Waals surface area contributed by atoms with Gasteiger partial charge in [0.1, 0.15) is 11.5 Å². The molecule has 27 heavy (non-hydrogen) atoms. The van der Waals surface area contributed by atoms with E-state index in [-0.39, 0.29) is 22.8 Å². The summed E-state index contributed by atoms with van der Waals surface area (Å²) in [7, 11) is 0. The van der Waals surface area contributed by atoms with E-state index in [0.717, 1.165) is 12.1 Å². The van der Waals surface area contributed by atoms with Crippen LogP contribution in [0, 0.1) is 5.82 Å². The Morgan fingerprint density at radius 2 is 2.11 bits per heavy atom.